The average Bonchev–Trinajstić information content (AvgIpc) is 2.83. The van der Waals surface area contributed by atoms with Crippen molar-refractivity contribution >= 4 is 23.6 Å². The Morgan fingerprint density at radius 2 is 2.00 bits per heavy atom. The molecule has 0 saturated heterocycles. The molecule has 0 aliphatic carbocycles. The second kappa shape index (κ2) is 5.27. The van der Waals surface area contributed by atoms with Crippen LogP contribution >= 0.6 is 11.3 Å². The first-order valence-electron chi connectivity index (χ1n) is 4.97. The fraction of sp³-hybridized carbons (Fsp3) is 0. The van der Waals surface area contributed by atoms with E-state index in [4.69, 9.17) is 5.73 Å². The molecule has 1 aromatic heterocycles. The number of nitrogens with zero attached hydrogens (tertiary/aromatic N) is 1. The number of amides is 2. The third-order valence-corrected chi connectivity index (χ3v) is 2.84. The van der Waals surface area contributed by atoms with Gasteiger partial charge in [0.15, 0.2) is 0 Å². The lowest BCUT2D eigenvalue weighted by atomic mass is 10.1. The van der Waals surface area contributed by atoms with Crippen molar-refractivity contribution in [3.05, 3.63) is 46.7 Å². The minimum Gasteiger partial charge on any atom is -0.350 e. The van der Waals surface area contributed by atoms with E-state index in [-0.39, 0.29) is 0 Å². The van der Waals surface area contributed by atoms with Crippen molar-refractivity contribution in [1.82, 2.24) is 5.43 Å². The summed E-state index contributed by atoms with van der Waals surface area (Å²) in [5.74, 6) is 0. The van der Waals surface area contributed by atoms with E-state index in [1.165, 1.54) is 5.56 Å². The van der Waals surface area contributed by atoms with E-state index in [0.717, 1.165) is 11.1 Å². The highest BCUT2D eigenvalue weighted by atomic mass is 32.1. The van der Waals surface area contributed by atoms with Gasteiger partial charge in [-0.25, -0.2) is 10.2 Å². The molecular weight excluding hydrogens is 234 g/mol. The zero-order chi connectivity index (χ0) is 12.1. The van der Waals surface area contributed by atoms with Crippen molar-refractivity contribution in [2.24, 2.45) is 10.8 Å². The summed E-state index contributed by atoms with van der Waals surface area (Å²) in [6, 6.07) is 9.28. The molecule has 5 heteroatoms. The number of hydrogen-bond acceptors (Lipinski definition) is 3. The summed E-state index contributed by atoms with van der Waals surface area (Å²) in [6.07, 6.45) is 1.54. The number of urea groups is 1. The highest BCUT2D eigenvalue weighted by Gasteiger charge is 1.97. The first kappa shape index (κ1) is 11.3. The Morgan fingerprint density at radius 1 is 1.24 bits per heavy atom. The molecule has 0 saturated carbocycles. The number of primary amides is 1. The summed E-state index contributed by atoms with van der Waals surface area (Å²) in [5.41, 5.74) is 10.3. The second-order valence-corrected chi connectivity index (χ2v) is 4.15. The second-order valence-electron chi connectivity index (χ2n) is 3.37. The Bertz CT molecular complexity index is 517. The van der Waals surface area contributed by atoms with Crippen molar-refractivity contribution in [1.29, 1.82) is 0 Å². The van der Waals surface area contributed by atoms with Gasteiger partial charge in [-0.3, -0.25) is 0 Å². The molecule has 1 heterocycles. The van der Waals surface area contributed by atoms with Crippen LogP contribution in [0, 0.1) is 0 Å². The van der Waals surface area contributed by atoms with Crippen molar-refractivity contribution in [2.45, 2.75) is 0 Å². The number of benzene rings is 1. The molecule has 86 valence electrons. The molecule has 0 atom stereocenters. The molecule has 0 bridgehead atoms. The van der Waals surface area contributed by atoms with E-state index in [1.807, 2.05) is 29.6 Å². The van der Waals surface area contributed by atoms with Gasteiger partial charge >= 0.3 is 6.03 Å². The number of carbonyl (C=O) groups is 1. The van der Waals surface area contributed by atoms with Gasteiger partial charge in [0.2, 0.25) is 0 Å². The smallest absolute Gasteiger partial charge is 0.332 e. The standard InChI is InChI=1S/C12H11N3OS/c13-12(16)15-14-7-9-1-3-10(4-2-9)11-5-6-17-8-11/h1-8H,(H3,13,15,16). The van der Waals surface area contributed by atoms with E-state index < -0.39 is 6.03 Å². The van der Waals surface area contributed by atoms with Crippen molar-refractivity contribution in [3.63, 3.8) is 0 Å². The lowest BCUT2D eigenvalue weighted by Gasteiger charge is -1.98. The van der Waals surface area contributed by atoms with Gasteiger partial charge in [0.05, 0.1) is 6.21 Å². The molecule has 0 aliphatic heterocycles. The molecule has 0 spiro atoms. The molecule has 0 unspecified atom stereocenters. The van der Waals surface area contributed by atoms with E-state index in [2.05, 4.69) is 22.0 Å². The fourth-order valence-corrected chi connectivity index (χ4v) is 2.03. The lowest BCUT2D eigenvalue weighted by Crippen LogP contribution is -2.24. The molecule has 0 fully saturated rings. The van der Waals surface area contributed by atoms with Gasteiger partial charge in [-0.1, -0.05) is 24.3 Å². The Morgan fingerprint density at radius 3 is 2.59 bits per heavy atom. The molecule has 4 nitrogen and oxygen atoms in total. The molecule has 2 rings (SSSR count). The predicted octanol–water partition coefficient (Wildman–Crippen LogP) is 2.42. The first-order valence-corrected chi connectivity index (χ1v) is 5.91. The van der Waals surface area contributed by atoms with Crippen LogP contribution in [0.2, 0.25) is 0 Å². The van der Waals surface area contributed by atoms with Crippen molar-refractivity contribution in [2.75, 3.05) is 0 Å². The minimum atomic E-state index is -0.670. The maximum absolute atomic E-state index is 10.4. The average molecular weight is 245 g/mol. The van der Waals surface area contributed by atoms with Crippen LogP contribution < -0.4 is 11.2 Å². The Kier molecular flexibility index (Phi) is 3.52. The van der Waals surface area contributed by atoms with Crippen LogP contribution in [0.15, 0.2) is 46.2 Å². The van der Waals surface area contributed by atoms with Crippen molar-refractivity contribution in [3.8, 4) is 11.1 Å². The lowest BCUT2D eigenvalue weighted by molar-refractivity contribution is 0.249. The zero-order valence-corrected chi connectivity index (χ0v) is 9.78. The number of hydrogen-bond donors (Lipinski definition) is 2. The van der Waals surface area contributed by atoms with E-state index in [0.29, 0.717) is 0 Å². The zero-order valence-electron chi connectivity index (χ0n) is 8.96. The Labute approximate surface area is 103 Å². The minimum absolute atomic E-state index is 0.670. The summed E-state index contributed by atoms with van der Waals surface area (Å²) >= 11 is 1.67. The summed E-state index contributed by atoms with van der Waals surface area (Å²) in [6.45, 7) is 0. The maximum atomic E-state index is 10.4. The molecule has 17 heavy (non-hydrogen) atoms. The molecule has 2 aromatic rings. The Balaban J connectivity index is 2.08. The van der Waals surface area contributed by atoms with E-state index >= 15 is 0 Å². The molecule has 1 aromatic carbocycles. The molecule has 0 radical (unpaired) electrons. The van der Waals surface area contributed by atoms with Gasteiger partial charge in [-0.2, -0.15) is 16.4 Å². The van der Waals surface area contributed by atoms with E-state index in [1.54, 1.807) is 17.6 Å². The normalized spacial score (nSPS) is 10.6. The van der Waals surface area contributed by atoms with Crippen LogP contribution in [0.5, 0.6) is 0 Å². The van der Waals surface area contributed by atoms with Gasteiger partial charge in [0.1, 0.15) is 0 Å². The van der Waals surface area contributed by atoms with Crippen LogP contribution in [0.1, 0.15) is 5.56 Å². The van der Waals surface area contributed by atoms with Crippen LogP contribution in [-0.2, 0) is 0 Å². The quantitative estimate of drug-likeness (QED) is 0.633. The number of nitrogens with one attached hydrogen (secondary N) is 1. The molecule has 2 amide bonds. The van der Waals surface area contributed by atoms with Crippen LogP contribution in [0.25, 0.3) is 11.1 Å². The molecule has 3 N–H and O–H groups in total. The van der Waals surface area contributed by atoms with Crippen LogP contribution in [0.4, 0.5) is 4.79 Å². The topological polar surface area (TPSA) is 67.5 Å². The van der Waals surface area contributed by atoms with Gasteiger partial charge in [-0.05, 0) is 33.5 Å². The molecular formula is C12H11N3OS. The number of carbonyl (C=O) groups excluding carboxylic acids is 1. The largest absolute Gasteiger partial charge is 0.350 e. The van der Waals surface area contributed by atoms with Crippen LogP contribution in [0.3, 0.4) is 0 Å². The third kappa shape index (κ3) is 3.15. The maximum Gasteiger partial charge on any atom is 0.332 e. The molecule has 0 aliphatic rings. The fourth-order valence-electron chi connectivity index (χ4n) is 1.36. The highest BCUT2D eigenvalue weighted by molar-refractivity contribution is 7.08. The number of nitrogens with two attached hydrogens (primary N) is 1. The van der Waals surface area contributed by atoms with Gasteiger partial charge < -0.3 is 5.73 Å². The first-order chi connectivity index (χ1) is 8.25. The number of rotatable bonds is 3. The van der Waals surface area contributed by atoms with Gasteiger partial charge in [0.25, 0.3) is 0 Å². The number of thiophene rings is 1. The summed E-state index contributed by atoms with van der Waals surface area (Å²) in [7, 11) is 0. The van der Waals surface area contributed by atoms with Gasteiger partial charge in [-0.15, -0.1) is 0 Å². The summed E-state index contributed by atoms with van der Waals surface area (Å²) in [4.78, 5) is 10.4. The monoisotopic (exact) mass is 245 g/mol. The number of hydrazone groups is 1. The van der Waals surface area contributed by atoms with E-state index in [9.17, 15) is 4.79 Å². The summed E-state index contributed by atoms with van der Waals surface area (Å²) in [5, 5.41) is 7.82. The van der Waals surface area contributed by atoms with Crippen molar-refractivity contribution < 1.29 is 4.79 Å². The highest BCUT2D eigenvalue weighted by Crippen LogP contribution is 2.21. The predicted molar refractivity (Wildman–Crippen MR) is 70.1 cm³/mol. The SMILES string of the molecule is NC(=O)NN=Cc1ccc(-c2ccsc2)cc1. The van der Waals surface area contributed by atoms with Gasteiger partial charge in [0, 0.05) is 0 Å². The third-order valence-electron chi connectivity index (χ3n) is 2.15. The Hall–Kier alpha value is -2.14. The summed E-state index contributed by atoms with van der Waals surface area (Å²) < 4.78 is 0. The van der Waals surface area contributed by atoms with Crippen LogP contribution in [-0.4, -0.2) is 12.2 Å².